The topological polar surface area (TPSA) is 12.0 Å². The summed E-state index contributed by atoms with van der Waals surface area (Å²) in [4.78, 5) is 1.72. The molecule has 1 N–H and O–H groups in total. The van der Waals surface area contributed by atoms with Gasteiger partial charge in [0.2, 0.25) is 0 Å². The maximum atomic E-state index is 13.2. The van der Waals surface area contributed by atoms with E-state index in [1.807, 2.05) is 6.07 Å². The van der Waals surface area contributed by atoms with Crippen LogP contribution in [0.5, 0.6) is 0 Å². The van der Waals surface area contributed by atoms with Crippen molar-refractivity contribution < 1.29 is 8.78 Å². The molecule has 112 valence electrons. The summed E-state index contributed by atoms with van der Waals surface area (Å²) in [5, 5.41) is 3.39. The van der Waals surface area contributed by atoms with Crippen LogP contribution in [0.25, 0.3) is 0 Å². The van der Waals surface area contributed by atoms with Gasteiger partial charge in [-0.15, -0.1) is 0 Å². The highest BCUT2D eigenvalue weighted by molar-refractivity contribution is 7.99. The fraction of sp³-hybridized carbons (Fsp3) is 0.294. The van der Waals surface area contributed by atoms with Crippen molar-refractivity contribution in [2.75, 3.05) is 0 Å². The highest BCUT2D eigenvalue weighted by atomic mass is 32.2. The Hall–Kier alpha value is -1.39. The van der Waals surface area contributed by atoms with Gasteiger partial charge in [0.05, 0.1) is 0 Å². The smallest absolute Gasteiger partial charge is 0.159 e. The fourth-order valence-electron chi connectivity index (χ4n) is 1.92. The Bertz CT molecular complexity index is 626. The van der Waals surface area contributed by atoms with E-state index in [-0.39, 0.29) is 0 Å². The van der Waals surface area contributed by atoms with Crippen molar-refractivity contribution in [3.05, 3.63) is 59.2 Å². The molecule has 0 aliphatic heterocycles. The molecule has 2 aromatic carbocycles. The van der Waals surface area contributed by atoms with Crippen molar-refractivity contribution in [2.45, 2.75) is 43.1 Å². The van der Waals surface area contributed by atoms with Gasteiger partial charge < -0.3 is 5.32 Å². The van der Waals surface area contributed by atoms with Crippen LogP contribution in [0.4, 0.5) is 8.78 Å². The van der Waals surface area contributed by atoms with Gasteiger partial charge in [0, 0.05) is 22.4 Å². The third kappa shape index (κ3) is 4.55. The Kier molecular flexibility index (Phi) is 5.37. The highest BCUT2D eigenvalue weighted by Gasteiger charge is 2.06. The maximum absolute atomic E-state index is 13.2. The predicted molar refractivity (Wildman–Crippen MR) is 83.6 cm³/mol. The largest absolute Gasteiger partial charge is 0.310 e. The molecule has 2 aromatic rings. The van der Waals surface area contributed by atoms with Crippen LogP contribution in [-0.2, 0) is 6.54 Å². The molecule has 0 radical (unpaired) electrons. The van der Waals surface area contributed by atoms with E-state index < -0.39 is 11.6 Å². The lowest BCUT2D eigenvalue weighted by molar-refractivity contribution is 0.506. The first-order chi connectivity index (χ1) is 9.95. The summed E-state index contributed by atoms with van der Waals surface area (Å²) in [6.07, 6.45) is 0. The third-order valence-corrected chi connectivity index (χ3v) is 4.12. The monoisotopic (exact) mass is 307 g/mol. The Balaban J connectivity index is 2.10. The average Bonchev–Trinajstić information content (AvgIpc) is 2.42. The van der Waals surface area contributed by atoms with E-state index in [2.05, 4.69) is 38.2 Å². The van der Waals surface area contributed by atoms with Crippen LogP contribution in [0.15, 0.2) is 46.2 Å². The molecule has 0 aromatic heterocycles. The van der Waals surface area contributed by atoms with Gasteiger partial charge in [-0.25, -0.2) is 8.78 Å². The molecule has 0 amide bonds. The van der Waals surface area contributed by atoms with Gasteiger partial charge in [-0.3, -0.25) is 0 Å². The molecule has 4 heteroatoms. The number of hydrogen-bond acceptors (Lipinski definition) is 2. The molecule has 0 saturated carbocycles. The van der Waals surface area contributed by atoms with Crippen LogP contribution in [0.2, 0.25) is 0 Å². The summed E-state index contributed by atoms with van der Waals surface area (Å²) in [6, 6.07) is 10.6. The number of benzene rings is 2. The number of aryl methyl sites for hydroxylation is 1. The molecule has 1 nitrogen and oxygen atoms in total. The minimum atomic E-state index is -0.814. The minimum Gasteiger partial charge on any atom is -0.310 e. The van der Waals surface area contributed by atoms with Gasteiger partial charge in [0.25, 0.3) is 0 Å². The molecule has 0 aliphatic rings. The number of nitrogens with one attached hydrogen (secondary N) is 1. The Morgan fingerprint density at radius 2 is 1.67 bits per heavy atom. The minimum absolute atomic E-state index is 0.445. The SMILES string of the molecule is Cc1cc(Sc2ccc(F)c(F)c2)ccc1CNC(C)C. The van der Waals surface area contributed by atoms with E-state index in [4.69, 9.17) is 0 Å². The molecule has 0 fully saturated rings. The van der Waals surface area contributed by atoms with Crippen LogP contribution in [0, 0.1) is 18.6 Å². The molecular formula is C17H19F2NS. The molecule has 21 heavy (non-hydrogen) atoms. The van der Waals surface area contributed by atoms with Gasteiger partial charge in [-0.2, -0.15) is 0 Å². The van der Waals surface area contributed by atoms with E-state index in [0.29, 0.717) is 10.9 Å². The first-order valence-corrected chi connectivity index (χ1v) is 7.73. The summed E-state index contributed by atoms with van der Waals surface area (Å²) in [6.45, 7) is 7.12. The molecule has 0 spiro atoms. The van der Waals surface area contributed by atoms with E-state index in [1.165, 1.54) is 29.0 Å². The lowest BCUT2D eigenvalue weighted by atomic mass is 10.1. The highest BCUT2D eigenvalue weighted by Crippen LogP contribution is 2.30. The van der Waals surface area contributed by atoms with Crippen molar-refractivity contribution in [3.63, 3.8) is 0 Å². The summed E-state index contributed by atoms with van der Waals surface area (Å²) >= 11 is 1.43. The first-order valence-electron chi connectivity index (χ1n) is 6.91. The second kappa shape index (κ2) is 7.05. The lowest BCUT2D eigenvalue weighted by Crippen LogP contribution is -2.22. The molecule has 0 bridgehead atoms. The van der Waals surface area contributed by atoms with E-state index >= 15 is 0 Å². The number of hydrogen-bond donors (Lipinski definition) is 1. The van der Waals surface area contributed by atoms with Crippen molar-refractivity contribution >= 4 is 11.8 Å². The van der Waals surface area contributed by atoms with Gasteiger partial charge in [0.1, 0.15) is 0 Å². The number of halogens is 2. The summed E-state index contributed by atoms with van der Waals surface area (Å²) < 4.78 is 26.1. The van der Waals surface area contributed by atoms with Crippen LogP contribution < -0.4 is 5.32 Å². The average molecular weight is 307 g/mol. The van der Waals surface area contributed by atoms with Crippen LogP contribution >= 0.6 is 11.8 Å². The molecule has 0 atom stereocenters. The predicted octanol–water partition coefficient (Wildman–Crippen LogP) is 4.92. The standard InChI is InChI=1S/C17H19F2NS/c1-11(2)20-10-13-4-5-14(8-12(13)3)21-15-6-7-16(18)17(19)9-15/h4-9,11,20H,10H2,1-3H3. The second-order valence-corrected chi connectivity index (χ2v) is 6.45. The lowest BCUT2D eigenvalue weighted by Gasteiger charge is -2.12. The molecule has 2 rings (SSSR count). The van der Waals surface area contributed by atoms with Crippen molar-refractivity contribution in [2.24, 2.45) is 0 Å². The van der Waals surface area contributed by atoms with Crippen LogP contribution in [-0.4, -0.2) is 6.04 Å². The summed E-state index contributed by atoms with van der Waals surface area (Å²) in [5.74, 6) is -1.62. The summed E-state index contributed by atoms with van der Waals surface area (Å²) in [7, 11) is 0. The zero-order valence-corrected chi connectivity index (χ0v) is 13.2. The Morgan fingerprint density at radius 3 is 2.29 bits per heavy atom. The van der Waals surface area contributed by atoms with Gasteiger partial charge in [0.15, 0.2) is 11.6 Å². The molecule has 0 saturated heterocycles. The zero-order chi connectivity index (χ0) is 15.4. The van der Waals surface area contributed by atoms with E-state index in [0.717, 1.165) is 17.5 Å². The van der Waals surface area contributed by atoms with Crippen molar-refractivity contribution in [3.8, 4) is 0 Å². The van der Waals surface area contributed by atoms with Crippen molar-refractivity contribution in [1.29, 1.82) is 0 Å². The fourth-order valence-corrected chi connectivity index (χ4v) is 2.86. The Morgan fingerprint density at radius 1 is 1.00 bits per heavy atom. The number of rotatable bonds is 5. The van der Waals surface area contributed by atoms with Gasteiger partial charge in [-0.05, 0) is 48.4 Å². The first kappa shape index (κ1) is 16.0. The maximum Gasteiger partial charge on any atom is 0.159 e. The molecule has 0 heterocycles. The van der Waals surface area contributed by atoms with Crippen molar-refractivity contribution in [1.82, 2.24) is 5.32 Å². The second-order valence-electron chi connectivity index (χ2n) is 5.30. The van der Waals surface area contributed by atoms with Gasteiger partial charge >= 0.3 is 0 Å². The normalized spacial score (nSPS) is 11.1. The third-order valence-electron chi connectivity index (χ3n) is 3.14. The zero-order valence-electron chi connectivity index (χ0n) is 12.4. The molecular weight excluding hydrogens is 288 g/mol. The molecule has 0 aliphatic carbocycles. The van der Waals surface area contributed by atoms with E-state index in [1.54, 1.807) is 6.07 Å². The van der Waals surface area contributed by atoms with E-state index in [9.17, 15) is 8.78 Å². The Labute approximate surface area is 128 Å². The van der Waals surface area contributed by atoms with Crippen LogP contribution in [0.1, 0.15) is 25.0 Å². The molecule has 0 unspecified atom stereocenters. The van der Waals surface area contributed by atoms with Gasteiger partial charge in [-0.1, -0.05) is 31.7 Å². The van der Waals surface area contributed by atoms with Crippen LogP contribution in [0.3, 0.4) is 0 Å². The summed E-state index contributed by atoms with van der Waals surface area (Å²) in [5.41, 5.74) is 2.44. The quantitative estimate of drug-likeness (QED) is 0.841.